The summed E-state index contributed by atoms with van der Waals surface area (Å²) in [7, 11) is -2.63. The quantitative estimate of drug-likeness (QED) is 0.375. The van der Waals surface area contributed by atoms with E-state index in [-0.39, 0.29) is 15.9 Å². The van der Waals surface area contributed by atoms with Crippen LogP contribution in [0, 0.1) is 0 Å². The summed E-state index contributed by atoms with van der Waals surface area (Å²) in [5.41, 5.74) is 0.968. The van der Waals surface area contributed by atoms with E-state index < -0.39 is 22.5 Å². The molecular weight excluding hydrogens is 480 g/mol. The monoisotopic (exact) mass is 500 g/mol. The van der Waals surface area contributed by atoms with Crippen molar-refractivity contribution in [1.82, 2.24) is 9.29 Å². The van der Waals surface area contributed by atoms with Crippen LogP contribution in [0.4, 0.5) is 10.8 Å². The molecule has 4 rings (SSSR count). The molecule has 0 saturated heterocycles. The molecular formula is C22H20N4O6S2. The molecule has 0 atom stereocenters. The van der Waals surface area contributed by atoms with Gasteiger partial charge >= 0.3 is 0 Å². The lowest BCUT2D eigenvalue weighted by Crippen LogP contribution is -2.34. The number of furan rings is 2. The average Bonchev–Trinajstić information content (AvgIpc) is 3.54. The van der Waals surface area contributed by atoms with Gasteiger partial charge < -0.3 is 19.5 Å². The number of hydrogen-bond donors (Lipinski definition) is 2. The van der Waals surface area contributed by atoms with Crippen LogP contribution in [-0.2, 0) is 19.6 Å². The SMILES string of the molecule is CC(=O)Nc1ccc(S(=O)(=O)N(C)CC(=O)Nc2nc(-c3ccco3)c(-c3ccco3)s2)cc1. The summed E-state index contributed by atoms with van der Waals surface area (Å²) in [4.78, 5) is 28.9. The highest BCUT2D eigenvalue weighted by Gasteiger charge is 2.25. The number of amides is 2. The van der Waals surface area contributed by atoms with Gasteiger partial charge in [0.25, 0.3) is 0 Å². The van der Waals surface area contributed by atoms with E-state index in [9.17, 15) is 18.0 Å². The number of carbonyl (C=O) groups excluding carboxylic acids is 2. The molecule has 12 heteroatoms. The summed E-state index contributed by atoms with van der Waals surface area (Å²) < 4.78 is 37.5. The molecule has 34 heavy (non-hydrogen) atoms. The van der Waals surface area contributed by atoms with E-state index >= 15 is 0 Å². The largest absolute Gasteiger partial charge is 0.463 e. The van der Waals surface area contributed by atoms with E-state index in [0.29, 0.717) is 27.8 Å². The van der Waals surface area contributed by atoms with Crippen molar-refractivity contribution >= 4 is 44.0 Å². The average molecular weight is 501 g/mol. The molecule has 4 aromatic rings. The molecule has 0 saturated carbocycles. The fourth-order valence-electron chi connectivity index (χ4n) is 3.07. The number of carbonyl (C=O) groups is 2. The fourth-order valence-corrected chi connectivity index (χ4v) is 5.15. The molecule has 0 radical (unpaired) electrons. The standard InChI is InChI=1S/C22H20N4O6S2/c1-14(27)23-15-7-9-16(10-8-15)34(29,30)26(2)13-19(28)24-22-25-20(17-5-3-11-31-17)21(33-22)18-6-4-12-32-18/h3-12H,13H2,1-2H3,(H,23,27)(H,24,25,28). The predicted octanol–water partition coefficient (Wildman–Crippen LogP) is 3.88. The topological polar surface area (TPSA) is 135 Å². The summed E-state index contributed by atoms with van der Waals surface area (Å²) >= 11 is 1.18. The van der Waals surface area contributed by atoms with Crippen molar-refractivity contribution in [1.29, 1.82) is 0 Å². The second-order valence-electron chi connectivity index (χ2n) is 7.17. The Kier molecular flexibility index (Phi) is 6.63. The number of nitrogens with one attached hydrogen (secondary N) is 2. The summed E-state index contributed by atoms with van der Waals surface area (Å²) in [6, 6.07) is 12.6. The Morgan fingerprint density at radius 3 is 2.24 bits per heavy atom. The number of hydrogen-bond acceptors (Lipinski definition) is 8. The minimum atomic E-state index is -3.93. The smallest absolute Gasteiger partial charge is 0.243 e. The zero-order chi connectivity index (χ0) is 24.3. The first-order valence-electron chi connectivity index (χ1n) is 9.96. The second-order valence-corrected chi connectivity index (χ2v) is 10.2. The van der Waals surface area contributed by atoms with Crippen molar-refractivity contribution in [3.05, 3.63) is 61.1 Å². The molecule has 0 spiro atoms. The molecule has 0 aliphatic rings. The molecule has 3 aromatic heterocycles. The first-order chi connectivity index (χ1) is 16.2. The zero-order valence-corrected chi connectivity index (χ0v) is 19.8. The number of sulfonamides is 1. The van der Waals surface area contributed by atoms with Crippen molar-refractivity contribution in [3.63, 3.8) is 0 Å². The van der Waals surface area contributed by atoms with E-state index in [0.717, 1.165) is 4.31 Å². The van der Waals surface area contributed by atoms with Gasteiger partial charge in [0.15, 0.2) is 10.9 Å². The molecule has 1 aromatic carbocycles. The summed E-state index contributed by atoms with van der Waals surface area (Å²) in [6.45, 7) is 0.927. The number of likely N-dealkylation sites (N-methyl/N-ethyl adjacent to an activating group) is 1. The molecule has 176 valence electrons. The van der Waals surface area contributed by atoms with Crippen LogP contribution in [0.1, 0.15) is 6.92 Å². The van der Waals surface area contributed by atoms with Crippen molar-refractivity contribution in [2.75, 3.05) is 24.2 Å². The molecule has 0 unspecified atom stereocenters. The van der Waals surface area contributed by atoms with Crippen molar-refractivity contribution in [3.8, 4) is 22.1 Å². The van der Waals surface area contributed by atoms with Crippen LogP contribution < -0.4 is 10.6 Å². The Bertz CT molecular complexity index is 1340. The maximum absolute atomic E-state index is 12.8. The van der Waals surface area contributed by atoms with E-state index in [4.69, 9.17) is 8.83 Å². The van der Waals surface area contributed by atoms with Crippen LogP contribution in [0.15, 0.2) is 74.8 Å². The molecule has 2 N–H and O–H groups in total. The first kappa shape index (κ1) is 23.4. The van der Waals surface area contributed by atoms with E-state index in [1.807, 2.05) is 0 Å². The maximum atomic E-state index is 12.8. The van der Waals surface area contributed by atoms with E-state index in [1.165, 1.54) is 62.1 Å². The Morgan fingerprint density at radius 2 is 1.65 bits per heavy atom. The third-order valence-corrected chi connectivity index (χ3v) is 7.43. The number of thiazole rings is 1. The lowest BCUT2D eigenvalue weighted by atomic mass is 10.2. The Balaban J connectivity index is 1.48. The minimum Gasteiger partial charge on any atom is -0.463 e. The molecule has 0 bridgehead atoms. The number of anilines is 2. The Morgan fingerprint density at radius 1 is 1.00 bits per heavy atom. The molecule has 3 heterocycles. The summed E-state index contributed by atoms with van der Waals surface area (Å²) in [5.74, 6) is 0.237. The molecule has 0 aliphatic carbocycles. The lowest BCUT2D eigenvalue weighted by molar-refractivity contribution is -0.116. The number of nitrogens with zero attached hydrogens (tertiary/aromatic N) is 2. The number of benzene rings is 1. The fraction of sp³-hybridized carbons (Fsp3) is 0.136. The maximum Gasteiger partial charge on any atom is 0.243 e. The van der Waals surface area contributed by atoms with Crippen molar-refractivity contribution in [2.45, 2.75) is 11.8 Å². The van der Waals surface area contributed by atoms with Gasteiger partial charge in [-0.05, 0) is 48.5 Å². The molecule has 0 aliphatic heterocycles. The van der Waals surface area contributed by atoms with Crippen molar-refractivity contribution in [2.24, 2.45) is 0 Å². The molecule has 2 amide bonds. The highest BCUT2D eigenvalue weighted by atomic mass is 32.2. The predicted molar refractivity (Wildman–Crippen MR) is 127 cm³/mol. The Labute approximate surface area is 199 Å². The van der Waals surface area contributed by atoms with Gasteiger partial charge in [-0.15, -0.1) is 0 Å². The Hall–Kier alpha value is -3.74. The number of aromatic nitrogens is 1. The van der Waals surface area contributed by atoms with Crippen LogP contribution in [0.2, 0.25) is 0 Å². The third-order valence-electron chi connectivity index (χ3n) is 4.62. The van der Waals surface area contributed by atoms with Gasteiger partial charge in [0.2, 0.25) is 21.8 Å². The van der Waals surface area contributed by atoms with Gasteiger partial charge in [0, 0.05) is 19.7 Å². The van der Waals surface area contributed by atoms with Gasteiger partial charge in [-0.3, -0.25) is 9.59 Å². The van der Waals surface area contributed by atoms with Crippen LogP contribution in [-0.4, -0.2) is 43.1 Å². The number of rotatable bonds is 8. The van der Waals surface area contributed by atoms with Gasteiger partial charge in [-0.25, -0.2) is 13.4 Å². The van der Waals surface area contributed by atoms with E-state index in [2.05, 4.69) is 15.6 Å². The van der Waals surface area contributed by atoms with Crippen LogP contribution in [0.25, 0.3) is 22.1 Å². The molecule has 10 nitrogen and oxygen atoms in total. The van der Waals surface area contributed by atoms with Gasteiger partial charge in [0.1, 0.15) is 16.3 Å². The zero-order valence-electron chi connectivity index (χ0n) is 18.1. The van der Waals surface area contributed by atoms with E-state index in [1.54, 1.807) is 24.3 Å². The minimum absolute atomic E-state index is 0.00800. The van der Waals surface area contributed by atoms with Gasteiger partial charge in [-0.1, -0.05) is 11.3 Å². The highest BCUT2D eigenvalue weighted by molar-refractivity contribution is 7.89. The third kappa shape index (κ3) is 5.09. The van der Waals surface area contributed by atoms with Crippen LogP contribution >= 0.6 is 11.3 Å². The van der Waals surface area contributed by atoms with Crippen LogP contribution in [0.5, 0.6) is 0 Å². The highest BCUT2D eigenvalue weighted by Crippen LogP contribution is 2.39. The van der Waals surface area contributed by atoms with Crippen LogP contribution in [0.3, 0.4) is 0 Å². The van der Waals surface area contributed by atoms with Crippen molar-refractivity contribution < 1.29 is 26.8 Å². The normalized spacial score (nSPS) is 11.5. The lowest BCUT2D eigenvalue weighted by Gasteiger charge is -2.16. The summed E-state index contributed by atoms with van der Waals surface area (Å²) in [6.07, 6.45) is 3.04. The molecule has 0 fully saturated rings. The van der Waals surface area contributed by atoms with Gasteiger partial charge in [0.05, 0.1) is 24.0 Å². The summed E-state index contributed by atoms with van der Waals surface area (Å²) in [5, 5.41) is 5.48. The second kappa shape index (κ2) is 9.63. The van der Waals surface area contributed by atoms with Gasteiger partial charge in [-0.2, -0.15) is 4.31 Å². The first-order valence-corrected chi connectivity index (χ1v) is 12.2.